The van der Waals surface area contributed by atoms with Gasteiger partial charge >= 0.3 is 0 Å². The molecule has 1 fully saturated rings. The van der Waals surface area contributed by atoms with Crippen molar-refractivity contribution >= 4 is 23.6 Å². The zero-order valence-electron chi connectivity index (χ0n) is 17.1. The van der Waals surface area contributed by atoms with Crippen LogP contribution in [0.5, 0.6) is 5.88 Å². The summed E-state index contributed by atoms with van der Waals surface area (Å²) in [7, 11) is 3.26. The highest BCUT2D eigenvalue weighted by Crippen LogP contribution is 2.19. The van der Waals surface area contributed by atoms with Gasteiger partial charge in [0, 0.05) is 57.4 Å². The molecular formula is C20H26FN5O3S. The van der Waals surface area contributed by atoms with E-state index in [9.17, 15) is 14.0 Å². The van der Waals surface area contributed by atoms with Gasteiger partial charge in [0.2, 0.25) is 11.8 Å². The maximum absolute atomic E-state index is 12.9. The number of piperazine rings is 1. The molecule has 162 valence electrons. The minimum Gasteiger partial charge on any atom is -0.479 e. The molecule has 30 heavy (non-hydrogen) atoms. The SMILES string of the molecule is COc1nn(C)cc1C(=O)N1CCN(CCNC(=O)CSc2ccc(F)cc2)CC1. The second-order valence-corrected chi connectivity index (χ2v) is 8.00. The lowest BCUT2D eigenvalue weighted by molar-refractivity contribution is -0.118. The number of benzene rings is 1. The second-order valence-electron chi connectivity index (χ2n) is 6.95. The number of nitrogens with zero attached hydrogens (tertiary/aromatic N) is 4. The van der Waals surface area contributed by atoms with Crippen molar-refractivity contribution in [3.63, 3.8) is 0 Å². The first-order valence-corrected chi connectivity index (χ1v) is 10.7. The Kier molecular flexibility index (Phi) is 7.69. The van der Waals surface area contributed by atoms with E-state index in [0.717, 1.165) is 24.5 Å². The van der Waals surface area contributed by atoms with E-state index in [1.165, 1.54) is 31.0 Å². The minimum absolute atomic E-state index is 0.0539. The average Bonchev–Trinajstić information content (AvgIpc) is 3.14. The summed E-state index contributed by atoms with van der Waals surface area (Å²) in [4.78, 5) is 29.6. The van der Waals surface area contributed by atoms with E-state index in [1.807, 2.05) is 0 Å². The van der Waals surface area contributed by atoms with Gasteiger partial charge in [0.1, 0.15) is 11.4 Å². The predicted molar refractivity (Wildman–Crippen MR) is 112 cm³/mol. The Labute approximate surface area is 179 Å². The van der Waals surface area contributed by atoms with Gasteiger partial charge < -0.3 is 15.0 Å². The molecule has 0 spiro atoms. The van der Waals surface area contributed by atoms with E-state index in [4.69, 9.17) is 4.74 Å². The van der Waals surface area contributed by atoms with Crippen LogP contribution in [0.4, 0.5) is 4.39 Å². The molecule has 1 aliphatic heterocycles. The summed E-state index contributed by atoms with van der Waals surface area (Å²) in [6.45, 7) is 4.00. The summed E-state index contributed by atoms with van der Waals surface area (Å²) in [5.41, 5.74) is 0.472. The second kappa shape index (κ2) is 10.4. The third kappa shape index (κ3) is 5.96. The van der Waals surface area contributed by atoms with Gasteiger partial charge in [0.25, 0.3) is 5.91 Å². The Morgan fingerprint density at radius 2 is 1.90 bits per heavy atom. The molecular weight excluding hydrogens is 409 g/mol. The summed E-state index contributed by atoms with van der Waals surface area (Å²) in [5.74, 6) is 0.213. The minimum atomic E-state index is -0.287. The van der Waals surface area contributed by atoms with Crippen molar-refractivity contribution in [1.82, 2.24) is 24.9 Å². The number of hydrogen-bond donors (Lipinski definition) is 1. The van der Waals surface area contributed by atoms with Crippen LogP contribution < -0.4 is 10.1 Å². The van der Waals surface area contributed by atoms with Crippen LogP contribution in [0.15, 0.2) is 35.4 Å². The van der Waals surface area contributed by atoms with Crippen molar-refractivity contribution in [1.29, 1.82) is 0 Å². The lowest BCUT2D eigenvalue weighted by Crippen LogP contribution is -2.50. The van der Waals surface area contributed by atoms with Gasteiger partial charge in [-0.15, -0.1) is 16.9 Å². The zero-order valence-corrected chi connectivity index (χ0v) is 18.0. The lowest BCUT2D eigenvalue weighted by atomic mass is 10.2. The molecule has 1 aliphatic rings. The molecule has 2 amide bonds. The summed E-state index contributed by atoms with van der Waals surface area (Å²) in [6, 6.07) is 6.09. The van der Waals surface area contributed by atoms with Crippen molar-refractivity contribution in [2.24, 2.45) is 7.05 Å². The highest BCUT2D eigenvalue weighted by Gasteiger charge is 2.26. The Hall–Kier alpha value is -2.59. The van der Waals surface area contributed by atoms with Crippen LogP contribution in [-0.4, -0.2) is 83.5 Å². The maximum Gasteiger partial charge on any atom is 0.261 e. The van der Waals surface area contributed by atoms with E-state index in [0.29, 0.717) is 36.8 Å². The topological polar surface area (TPSA) is 79.7 Å². The smallest absolute Gasteiger partial charge is 0.261 e. The number of rotatable bonds is 8. The van der Waals surface area contributed by atoms with E-state index in [1.54, 1.807) is 35.0 Å². The van der Waals surface area contributed by atoms with Gasteiger partial charge in [-0.25, -0.2) is 4.39 Å². The van der Waals surface area contributed by atoms with Gasteiger partial charge in [-0.05, 0) is 24.3 Å². The normalized spacial score (nSPS) is 14.6. The zero-order chi connectivity index (χ0) is 21.5. The summed E-state index contributed by atoms with van der Waals surface area (Å²) in [6.07, 6.45) is 1.67. The number of aryl methyl sites for hydroxylation is 1. The third-order valence-corrected chi connectivity index (χ3v) is 5.82. The number of aromatic nitrogens is 2. The van der Waals surface area contributed by atoms with Gasteiger partial charge in [-0.3, -0.25) is 19.2 Å². The molecule has 0 atom stereocenters. The number of halogens is 1. The van der Waals surface area contributed by atoms with Crippen LogP contribution >= 0.6 is 11.8 Å². The number of nitrogens with one attached hydrogen (secondary N) is 1. The Balaban J connectivity index is 1.35. The summed E-state index contributed by atoms with van der Waals surface area (Å²) < 4.78 is 19.6. The summed E-state index contributed by atoms with van der Waals surface area (Å²) in [5, 5.41) is 7.04. The fraction of sp³-hybridized carbons (Fsp3) is 0.450. The Morgan fingerprint density at radius 1 is 1.20 bits per heavy atom. The van der Waals surface area contributed by atoms with Gasteiger partial charge in [0.15, 0.2) is 0 Å². The van der Waals surface area contributed by atoms with Crippen LogP contribution in [0.1, 0.15) is 10.4 Å². The number of thioether (sulfide) groups is 1. The highest BCUT2D eigenvalue weighted by molar-refractivity contribution is 8.00. The molecule has 0 radical (unpaired) electrons. The molecule has 1 aromatic carbocycles. The van der Waals surface area contributed by atoms with Crippen LogP contribution in [0.3, 0.4) is 0 Å². The molecule has 1 N–H and O–H groups in total. The van der Waals surface area contributed by atoms with Crippen molar-refractivity contribution in [2.75, 3.05) is 52.1 Å². The van der Waals surface area contributed by atoms with Crippen molar-refractivity contribution in [3.8, 4) is 5.88 Å². The quantitative estimate of drug-likeness (QED) is 0.629. The Bertz CT molecular complexity index is 866. The molecule has 0 saturated carbocycles. The number of carbonyl (C=O) groups excluding carboxylic acids is 2. The van der Waals surface area contributed by atoms with E-state index >= 15 is 0 Å². The van der Waals surface area contributed by atoms with E-state index in [-0.39, 0.29) is 17.6 Å². The van der Waals surface area contributed by atoms with Crippen LogP contribution in [0.2, 0.25) is 0 Å². The molecule has 10 heteroatoms. The third-order valence-electron chi connectivity index (χ3n) is 4.81. The largest absolute Gasteiger partial charge is 0.479 e. The van der Waals surface area contributed by atoms with Crippen LogP contribution in [0.25, 0.3) is 0 Å². The lowest BCUT2D eigenvalue weighted by Gasteiger charge is -2.34. The standard InChI is InChI=1S/C20H26FN5O3S/c1-24-13-17(19(23-24)29-2)20(28)26-11-9-25(10-12-26)8-7-22-18(27)14-30-16-5-3-15(21)4-6-16/h3-6,13H,7-12,14H2,1-2H3,(H,22,27). The molecule has 1 saturated heterocycles. The van der Waals surface area contributed by atoms with Crippen molar-refractivity contribution in [2.45, 2.75) is 4.90 Å². The molecule has 2 heterocycles. The first-order chi connectivity index (χ1) is 14.5. The van der Waals surface area contributed by atoms with Crippen LogP contribution in [-0.2, 0) is 11.8 Å². The number of hydrogen-bond acceptors (Lipinski definition) is 6. The van der Waals surface area contributed by atoms with Gasteiger partial charge in [-0.2, -0.15) is 0 Å². The fourth-order valence-corrected chi connectivity index (χ4v) is 3.92. The monoisotopic (exact) mass is 435 g/mol. The van der Waals surface area contributed by atoms with Crippen molar-refractivity contribution in [3.05, 3.63) is 41.8 Å². The number of amides is 2. The molecule has 0 bridgehead atoms. The average molecular weight is 436 g/mol. The van der Waals surface area contributed by atoms with Crippen molar-refractivity contribution < 1.29 is 18.7 Å². The van der Waals surface area contributed by atoms with Gasteiger partial charge in [-0.1, -0.05) is 0 Å². The molecule has 3 rings (SSSR count). The predicted octanol–water partition coefficient (Wildman–Crippen LogP) is 1.23. The molecule has 0 aliphatic carbocycles. The maximum atomic E-state index is 12.9. The Morgan fingerprint density at radius 3 is 2.57 bits per heavy atom. The number of carbonyl (C=O) groups is 2. The highest BCUT2D eigenvalue weighted by atomic mass is 32.2. The molecule has 1 aromatic heterocycles. The van der Waals surface area contributed by atoms with E-state index < -0.39 is 0 Å². The van der Waals surface area contributed by atoms with Gasteiger partial charge in [0.05, 0.1) is 12.9 Å². The molecule has 8 nitrogen and oxygen atoms in total. The summed E-state index contributed by atoms with van der Waals surface area (Å²) >= 11 is 1.38. The van der Waals surface area contributed by atoms with Crippen LogP contribution in [0, 0.1) is 5.82 Å². The first kappa shape index (κ1) is 22.1. The first-order valence-electron chi connectivity index (χ1n) is 9.70. The number of ether oxygens (including phenoxy) is 1. The number of methoxy groups -OCH3 is 1. The fourth-order valence-electron chi connectivity index (χ4n) is 3.19. The molecule has 2 aromatic rings. The molecule has 0 unspecified atom stereocenters. The van der Waals surface area contributed by atoms with E-state index in [2.05, 4.69) is 15.3 Å².